The highest BCUT2D eigenvalue weighted by Crippen LogP contribution is 2.15. The summed E-state index contributed by atoms with van der Waals surface area (Å²) in [6.07, 6.45) is 6.14. The lowest BCUT2D eigenvalue weighted by molar-refractivity contribution is 0.163. The van der Waals surface area contributed by atoms with Gasteiger partial charge in [-0.3, -0.25) is 9.89 Å². The van der Waals surface area contributed by atoms with Crippen LogP contribution in [0.15, 0.2) is 23.3 Å². The van der Waals surface area contributed by atoms with Gasteiger partial charge in [0.05, 0.1) is 6.54 Å². The molecule has 1 unspecified atom stereocenters. The molecule has 0 saturated carbocycles. The SMILES string of the molecule is CN=C(NCCN1CCCCC1C)N(C)Cc1cccn1C. The molecule has 5 nitrogen and oxygen atoms in total. The van der Waals surface area contributed by atoms with Crippen LogP contribution in [0.3, 0.4) is 0 Å². The quantitative estimate of drug-likeness (QED) is 0.667. The molecule has 1 N–H and O–H groups in total. The van der Waals surface area contributed by atoms with Crippen LogP contribution >= 0.6 is 0 Å². The van der Waals surface area contributed by atoms with Crippen LogP contribution in [0.4, 0.5) is 0 Å². The van der Waals surface area contributed by atoms with Gasteiger partial charge in [0.1, 0.15) is 0 Å². The summed E-state index contributed by atoms with van der Waals surface area (Å²) in [5.74, 6) is 0.964. The molecular formula is C17H31N5. The Balaban J connectivity index is 1.78. The topological polar surface area (TPSA) is 35.8 Å². The van der Waals surface area contributed by atoms with Crippen LogP contribution in [0.2, 0.25) is 0 Å². The van der Waals surface area contributed by atoms with Crippen molar-refractivity contribution in [2.24, 2.45) is 12.0 Å². The van der Waals surface area contributed by atoms with Gasteiger partial charge in [-0.15, -0.1) is 0 Å². The molecule has 1 aliphatic rings. The number of hydrogen-bond acceptors (Lipinski definition) is 2. The zero-order valence-corrected chi connectivity index (χ0v) is 14.5. The van der Waals surface area contributed by atoms with Crippen LogP contribution in [-0.4, -0.2) is 60.1 Å². The highest BCUT2D eigenvalue weighted by Gasteiger charge is 2.17. The summed E-state index contributed by atoms with van der Waals surface area (Å²) in [6.45, 7) is 6.49. The van der Waals surface area contributed by atoms with E-state index in [4.69, 9.17) is 0 Å². The fourth-order valence-corrected chi connectivity index (χ4v) is 3.16. The van der Waals surface area contributed by atoms with Crippen LogP contribution < -0.4 is 5.32 Å². The average Bonchev–Trinajstić information content (AvgIpc) is 2.90. The Morgan fingerprint density at radius 2 is 2.27 bits per heavy atom. The normalized spacial score (nSPS) is 20.2. The summed E-state index contributed by atoms with van der Waals surface area (Å²) in [5, 5.41) is 3.49. The zero-order chi connectivity index (χ0) is 15.9. The summed E-state index contributed by atoms with van der Waals surface area (Å²) < 4.78 is 2.15. The summed E-state index contributed by atoms with van der Waals surface area (Å²) in [6, 6.07) is 4.95. The highest BCUT2D eigenvalue weighted by molar-refractivity contribution is 5.79. The van der Waals surface area contributed by atoms with E-state index in [2.05, 4.69) is 64.0 Å². The number of aryl methyl sites for hydroxylation is 1. The van der Waals surface area contributed by atoms with E-state index in [1.165, 1.54) is 31.5 Å². The Morgan fingerprint density at radius 3 is 2.91 bits per heavy atom. The molecule has 124 valence electrons. The maximum absolute atomic E-state index is 4.40. The molecule has 1 fully saturated rings. The monoisotopic (exact) mass is 305 g/mol. The number of hydrogen-bond donors (Lipinski definition) is 1. The van der Waals surface area contributed by atoms with E-state index in [0.717, 1.165) is 31.6 Å². The van der Waals surface area contributed by atoms with E-state index in [-0.39, 0.29) is 0 Å². The minimum Gasteiger partial charge on any atom is -0.355 e. The van der Waals surface area contributed by atoms with Crippen molar-refractivity contribution in [2.45, 2.75) is 38.8 Å². The maximum atomic E-state index is 4.40. The van der Waals surface area contributed by atoms with E-state index in [0.29, 0.717) is 0 Å². The first-order chi connectivity index (χ1) is 10.6. The van der Waals surface area contributed by atoms with Crippen molar-refractivity contribution in [1.82, 2.24) is 19.7 Å². The van der Waals surface area contributed by atoms with Gasteiger partial charge in [-0.2, -0.15) is 0 Å². The van der Waals surface area contributed by atoms with Gasteiger partial charge in [0.15, 0.2) is 5.96 Å². The number of aromatic nitrogens is 1. The molecule has 0 radical (unpaired) electrons. The molecule has 0 spiro atoms. The first-order valence-corrected chi connectivity index (χ1v) is 8.38. The number of nitrogens with one attached hydrogen (secondary N) is 1. The molecule has 0 bridgehead atoms. The van der Waals surface area contributed by atoms with Crippen LogP contribution in [-0.2, 0) is 13.6 Å². The van der Waals surface area contributed by atoms with Gasteiger partial charge in [-0.1, -0.05) is 6.42 Å². The van der Waals surface area contributed by atoms with Crippen molar-refractivity contribution >= 4 is 5.96 Å². The number of rotatable bonds is 5. The lowest BCUT2D eigenvalue weighted by atomic mass is 10.0. The molecule has 1 atom stereocenters. The lowest BCUT2D eigenvalue weighted by Crippen LogP contribution is -2.45. The van der Waals surface area contributed by atoms with Crippen LogP contribution in [0.5, 0.6) is 0 Å². The number of likely N-dealkylation sites (tertiary alicyclic amines) is 1. The van der Waals surface area contributed by atoms with Crippen molar-refractivity contribution in [3.05, 3.63) is 24.0 Å². The van der Waals surface area contributed by atoms with E-state index in [1.54, 1.807) is 0 Å². The van der Waals surface area contributed by atoms with Gasteiger partial charge >= 0.3 is 0 Å². The Labute approximate surface area is 135 Å². The van der Waals surface area contributed by atoms with E-state index in [9.17, 15) is 0 Å². The molecule has 2 heterocycles. The van der Waals surface area contributed by atoms with Gasteiger partial charge in [-0.05, 0) is 38.4 Å². The van der Waals surface area contributed by atoms with Gasteiger partial charge in [-0.25, -0.2) is 0 Å². The van der Waals surface area contributed by atoms with Gasteiger partial charge in [0, 0.05) is 52.2 Å². The van der Waals surface area contributed by atoms with Crippen LogP contribution in [0, 0.1) is 0 Å². The second-order valence-corrected chi connectivity index (χ2v) is 6.32. The minimum absolute atomic E-state index is 0.721. The Kier molecular flexibility index (Phi) is 6.31. The average molecular weight is 305 g/mol. The van der Waals surface area contributed by atoms with Crippen molar-refractivity contribution in [3.8, 4) is 0 Å². The second kappa shape index (κ2) is 8.22. The molecule has 1 aromatic heterocycles. The largest absolute Gasteiger partial charge is 0.355 e. The molecule has 1 aliphatic heterocycles. The van der Waals surface area contributed by atoms with E-state index < -0.39 is 0 Å². The first-order valence-electron chi connectivity index (χ1n) is 8.38. The molecular weight excluding hydrogens is 274 g/mol. The highest BCUT2D eigenvalue weighted by atomic mass is 15.3. The van der Waals surface area contributed by atoms with Gasteiger partial charge < -0.3 is 14.8 Å². The lowest BCUT2D eigenvalue weighted by Gasteiger charge is -2.33. The Hall–Kier alpha value is -1.49. The fraction of sp³-hybridized carbons (Fsp3) is 0.706. The molecule has 2 rings (SSSR count). The molecule has 1 saturated heterocycles. The molecule has 0 amide bonds. The summed E-state index contributed by atoms with van der Waals surface area (Å²) in [5.41, 5.74) is 1.29. The number of aliphatic imine (C=N–C) groups is 1. The van der Waals surface area contributed by atoms with E-state index >= 15 is 0 Å². The predicted molar refractivity (Wildman–Crippen MR) is 93.1 cm³/mol. The van der Waals surface area contributed by atoms with E-state index in [1.807, 2.05) is 7.05 Å². The maximum Gasteiger partial charge on any atom is 0.193 e. The molecule has 1 aromatic rings. The Bertz CT molecular complexity index is 479. The third-order valence-corrected chi connectivity index (χ3v) is 4.65. The number of nitrogens with zero attached hydrogens (tertiary/aromatic N) is 4. The van der Waals surface area contributed by atoms with Crippen molar-refractivity contribution in [3.63, 3.8) is 0 Å². The summed E-state index contributed by atoms with van der Waals surface area (Å²) in [4.78, 5) is 9.16. The van der Waals surface area contributed by atoms with Crippen molar-refractivity contribution in [2.75, 3.05) is 33.7 Å². The fourth-order valence-electron chi connectivity index (χ4n) is 3.16. The first kappa shape index (κ1) is 16.9. The predicted octanol–water partition coefficient (Wildman–Crippen LogP) is 1.91. The van der Waals surface area contributed by atoms with Crippen LogP contribution in [0.25, 0.3) is 0 Å². The molecule has 0 aliphatic carbocycles. The Morgan fingerprint density at radius 1 is 1.45 bits per heavy atom. The van der Waals surface area contributed by atoms with Crippen molar-refractivity contribution in [1.29, 1.82) is 0 Å². The smallest absolute Gasteiger partial charge is 0.193 e. The van der Waals surface area contributed by atoms with Gasteiger partial charge in [0.25, 0.3) is 0 Å². The molecule has 22 heavy (non-hydrogen) atoms. The number of guanidine groups is 1. The van der Waals surface area contributed by atoms with Crippen LogP contribution in [0.1, 0.15) is 31.9 Å². The van der Waals surface area contributed by atoms with Crippen molar-refractivity contribution < 1.29 is 0 Å². The third kappa shape index (κ3) is 4.50. The number of piperidine rings is 1. The zero-order valence-electron chi connectivity index (χ0n) is 14.5. The standard InChI is InChI=1S/C17H31N5/c1-15-8-5-6-12-22(15)13-10-19-17(18-2)21(4)14-16-9-7-11-20(16)3/h7,9,11,15H,5-6,8,10,12-14H2,1-4H3,(H,18,19). The third-order valence-electron chi connectivity index (χ3n) is 4.65. The molecule has 5 heteroatoms. The summed E-state index contributed by atoms with van der Waals surface area (Å²) in [7, 11) is 6.02. The van der Waals surface area contributed by atoms with Gasteiger partial charge in [0.2, 0.25) is 0 Å². The summed E-state index contributed by atoms with van der Waals surface area (Å²) >= 11 is 0. The second-order valence-electron chi connectivity index (χ2n) is 6.32. The minimum atomic E-state index is 0.721. The molecule has 0 aromatic carbocycles.